The quantitative estimate of drug-likeness (QED) is 0.758. The number of aryl methyl sites for hydroxylation is 1. The molecule has 1 saturated heterocycles. The minimum atomic E-state index is -0.383. The molecule has 0 bridgehead atoms. The number of nitrogens with one attached hydrogen (secondary N) is 1. The number of nitrogens with zero attached hydrogens (tertiary/aromatic N) is 1. The van der Waals surface area contributed by atoms with Gasteiger partial charge in [0.2, 0.25) is 5.91 Å². The Labute approximate surface area is 170 Å². The molecule has 1 fully saturated rings. The molecule has 6 heteroatoms. The fraction of sp³-hybridized carbons (Fsp3) is 0.391. The summed E-state index contributed by atoms with van der Waals surface area (Å²) in [5.74, 6) is -0.921. The number of carbonyl (C=O) groups excluding carboxylic acids is 2. The van der Waals surface area contributed by atoms with E-state index in [4.69, 9.17) is 4.74 Å². The average Bonchev–Trinajstić information content (AvgIpc) is 2.73. The van der Waals surface area contributed by atoms with E-state index in [0.717, 1.165) is 11.1 Å². The predicted octanol–water partition coefficient (Wildman–Crippen LogP) is 3.49. The third kappa shape index (κ3) is 5.21. The Morgan fingerprint density at radius 3 is 2.62 bits per heavy atom. The van der Waals surface area contributed by atoms with Gasteiger partial charge < -0.3 is 15.0 Å². The van der Waals surface area contributed by atoms with Crippen LogP contribution in [-0.2, 0) is 9.53 Å². The molecular formula is C23H27FN2O3. The maximum absolute atomic E-state index is 13.3. The normalized spacial score (nSPS) is 19.1. The monoisotopic (exact) mass is 398 g/mol. The third-order valence-corrected chi connectivity index (χ3v) is 5.34. The minimum absolute atomic E-state index is 0.0679. The number of likely N-dealkylation sites (tertiary alicyclic amines) is 1. The number of rotatable bonds is 6. The molecule has 1 aliphatic rings. The third-order valence-electron chi connectivity index (χ3n) is 5.34. The minimum Gasteiger partial charge on any atom is -0.383 e. The first-order chi connectivity index (χ1) is 14.0. The fourth-order valence-corrected chi connectivity index (χ4v) is 3.81. The number of methoxy groups -OCH3 is 1. The Morgan fingerprint density at radius 2 is 1.93 bits per heavy atom. The van der Waals surface area contributed by atoms with Crippen LogP contribution in [0.1, 0.15) is 40.4 Å². The highest BCUT2D eigenvalue weighted by molar-refractivity contribution is 5.95. The fourth-order valence-electron chi connectivity index (χ4n) is 3.81. The Balaban J connectivity index is 1.84. The highest BCUT2D eigenvalue weighted by Crippen LogP contribution is 2.35. The lowest BCUT2D eigenvalue weighted by molar-refractivity contribution is -0.127. The van der Waals surface area contributed by atoms with Crippen LogP contribution in [0, 0.1) is 18.7 Å². The highest BCUT2D eigenvalue weighted by Gasteiger charge is 2.35. The molecule has 0 aliphatic carbocycles. The molecule has 0 radical (unpaired) electrons. The Bertz CT molecular complexity index is 853. The van der Waals surface area contributed by atoms with Crippen LogP contribution in [0.25, 0.3) is 0 Å². The van der Waals surface area contributed by atoms with Crippen LogP contribution < -0.4 is 5.32 Å². The van der Waals surface area contributed by atoms with Crippen molar-refractivity contribution < 1.29 is 18.7 Å². The first-order valence-corrected chi connectivity index (χ1v) is 9.89. The summed E-state index contributed by atoms with van der Waals surface area (Å²) in [6.07, 6.45) is 1.39. The first-order valence-electron chi connectivity index (χ1n) is 9.89. The molecule has 29 heavy (non-hydrogen) atoms. The molecule has 1 aliphatic heterocycles. The summed E-state index contributed by atoms with van der Waals surface area (Å²) in [5.41, 5.74) is 2.60. The van der Waals surface area contributed by atoms with E-state index in [9.17, 15) is 14.0 Å². The van der Waals surface area contributed by atoms with Gasteiger partial charge in [0.1, 0.15) is 5.82 Å². The number of hydrogen-bond acceptors (Lipinski definition) is 3. The summed E-state index contributed by atoms with van der Waals surface area (Å²) in [5, 5.41) is 2.87. The van der Waals surface area contributed by atoms with Crippen molar-refractivity contribution in [3.63, 3.8) is 0 Å². The number of benzene rings is 2. The van der Waals surface area contributed by atoms with Crippen LogP contribution in [0.4, 0.5) is 4.39 Å². The van der Waals surface area contributed by atoms with Crippen molar-refractivity contribution in [1.82, 2.24) is 10.2 Å². The molecule has 5 nitrogen and oxygen atoms in total. The van der Waals surface area contributed by atoms with Crippen molar-refractivity contribution in [2.75, 3.05) is 26.8 Å². The van der Waals surface area contributed by atoms with E-state index in [2.05, 4.69) is 11.4 Å². The van der Waals surface area contributed by atoms with E-state index in [0.29, 0.717) is 38.1 Å². The van der Waals surface area contributed by atoms with Gasteiger partial charge in [0.15, 0.2) is 0 Å². The van der Waals surface area contributed by atoms with Gasteiger partial charge in [-0.15, -0.1) is 0 Å². The van der Waals surface area contributed by atoms with Crippen molar-refractivity contribution in [2.24, 2.45) is 5.92 Å². The maximum atomic E-state index is 13.3. The van der Waals surface area contributed by atoms with Gasteiger partial charge in [-0.2, -0.15) is 0 Å². The average molecular weight is 398 g/mol. The van der Waals surface area contributed by atoms with Gasteiger partial charge in [0.05, 0.1) is 18.6 Å². The second-order valence-corrected chi connectivity index (χ2v) is 7.45. The van der Waals surface area contributed by atoms with Crippen LogP contribution >= 0.6 is 0 Å². The van der Waals surface area contributed by atoms with E-state index < -0.39 is 0 Å². The van der Waals surface area contributed by atoms with Crippen molar-refractivity contribution in [2.45, 2.75) is 25.8 Å². The van der Waals surface area contributed by atoms with Gasteiger partial charge in [-0.25, -0.2) is 4.39 Å². The van der Waals surface area contributed by atoms with Crippen molar-refractivity contribution in [3.8, 4) is 0 Å². The van der Waals surface area contributed by atoms with Gasteiger partial charge >= 0.3 is 0 Å². The van der Waals surface area contributed by atoms with Gasteiger partial charge in [-0.1, -0.05) is 29.8 Å². The van der Waals surface area contributed by atoms with Crippen LogP contribution in [0.3, 0.4) is 0 Å². The number of hydrogen-bond donors (Lipinski definition) is 1. The lowest BCUT2D eigenvalue weighted by Gasteiger charge is -2.39. The molecule has 1 heterocycles. The second kappa shape index (κ2) is 9.65. The van der Waals surface area contributed by atoms with E-state index in [1.54, 1.807) is 12.0 Å². The van der Waals surface area contributed by atoms with E-state index >= 15 is 0 Å². The Morgan fingerprint density at radius 1 is 1.17 bits per heavy atom. The van der Waals surface area contributed by atoms with Crippen LogP contribution in [-0.4, -0.2) is 43.5 Å². The van der Waals surface area contributed by atoms with Gasteiger partial charge in [-0.3, -0.25) is 9.59 Å². The number of halogens is 1. The largest absolute Gasteiger partial charge is 0.383 e. The van der Waals surface area contributed by atoms with Gasteiger partial charge in [-0.05, 0) is 49.6 Å². The maximum Gasteiger partial charge on any atom is 0.254 e. The van der Waals surface area contributed by atoms with E-state index in [1.807, 2.05) is 25.1 Å². The van der Waals surface area contributed by atoms with Crippen LogP contribution in [0.15, 0.2) is 48.5 Å². The van der Waals surface area contributed by atoms with Gasteiger partial charge in [0.25, 0.3) is 5.91 Å². The lowest BCUT2D eigenvalue weighted by atomic mass is 9.87. The summed E-state index contributed by atoms with van der Waals surface area (Å²) in [7, 11) is 1.59. The second-order valence-electron chi connectivity index (χ2n) is 7.45. The van der Waals surface area contributed by atoms with E-state index in [-0.39, 0.29) is 29.6 Å². The summed E-state index contributed by atoms with van der Waals surface area (Å²) in [6, 6.07) is 13.5. The van der Waals surface area contributed by atoms with Crippen molar-refractivity contribution >= 4 is 11.8 Å². The zero-order chi connectivity index (χ0) is 20.8. The summed E-state index contributed by atoms with van der Waals surface area (Å²) >= 11 is 0. The Hall–Kier alpha value is -2.73. The molecule has 2 atom stereocenters. The molecule has 0 saturated carbocycles. The van der Waals surface area contributed by atoms with Crippen LogP contribution in [0.2, 0.25) is 0 Å². The number of ether oxygens (including phenoxy) is 1. The molecule has 0 aromatic heterocycles. The molecule has 2 aromatic carbocycles. The molecule has 154 valence electrons. The van der Waals surface area contributed by atoms with Crippen molar-refractivity contribution in [3.05, 3.63) is 71.0 Å². The molecule has 1 N–H and O–H groups in total. The smallest absolute Gasteiger partial charge is 0.254 e. The molecule has 0 unspecified atom stereocenters. The Kier molecular flexibility index (Phi) is 6.99. The SMILES string of the molecule is COCCNC(=O)[C@H]1CC[C@H](c2cccc(C)c2)N(C(=O)c2ccc(F)cc2)C1. The molecule has 3 rings (SSSR count). The zero-order valence-corrected chi connectivity index (χ0v) is 16.9. The predicted molar refractivity (Wildman–Crippen MR) is 109 cm³/mol. The van der Waals surface area contributed by atoms with Crippen LogP contribution in [0.5, 0.6) is 0 Å². The highest BCUT2D eigenvalue weighted by atomic mass is 19.1. The number of carbonyl (C=O) groups is 2. The van der Waals surface area contributed by atoms with Gasteiger partial charge in [0, 0.05) is 25.8 Å². The zero-order valence-electron chi connectivity index (χ0n) is 16.9. The lowest BCUT2D eigenvalue weighted by Crippen LogP contribution is -2.47. The topological polar surface area (TPSA) is 58.6 Å². The molecular weight excluding hydrogens is 371 g/mol. The standard InChI is InChI=1S/C23H27FN2O3/c1-16-4-3-5-18(14-16)21-11-8-19(22(27)25-12-13-29-2)15-26(21)23(28)17-6-9-20(24)10-7-17/h3-7,9-10,14,19,21H,8,11-13,15H2,1-2H3,(H,25,27)/t19-,21+/m0/s1. The summed E-state index contributed by atoms with van der Waals surface area (Å²) in [6.45, 7) is 3.24. The summed E-state index contributed by atoms with van der Waals surface area (Å²) in [4.78, 5) is 27.6. The number of amides is 2. The summed E-state index contributed by atoms with van der Waals surface area (Å²) < 4.78 is 18.3. The van der Waals surface area contributed by atoms with E-state index in [1.165, 1.54) is 24.3 Å². The molecule has 2 aromatic rings. The molecule has 2 amide bonds. The molecule has 0 spiro atoms. The number of piperidine rings is 1. The van der Waals surface area contributed by atoms with Crippen molar-refractivity contribution in [1.29, 1.82) is 0 Å². The first kappa shape index (κ1) is 21.0.